The van der Waals surface area contributed by atoms with Crippen LogP contribution in [0, 0.1) is 0 Å². The molecule has 0 aliphatic carbocycles. The van der Waals surface area contributed by atoms with Crippen LogP contribution >= 0.6 is 11.3 Å². The van der Waals surface area contributed by atoms with Gasteiger partial charge in [0.05, 0.1) is 30.1 Å². The summed E-state index contributed by atoms with van der Waals surface area (Å²) in [6.45, 7) is 1.86. The van der Waals surface area contributed by atoms with Crippen LogP contribution in [0.3, 0.4) is 0 Å². The van der Waals surface area contributed by atoms with Crippen molar-refractivity contribution in [3.05, 3.63) is 46.0 Å². The molecule has 7 nitrogen and oxygen atoms in total. The van der Waals surface area contributed by atoms with Gasteiger partial charge in [0, 0.05) is 13.7 Å². The summed E-state index contributed by atoms with van der Waals surface area (Å²) in [6, 6.07) is 7.53. The fraction of sp³-hybridized carbons (Fsp3) is 0.412. The number of hydrogen-bond donors (Lipinski definition) is 0. The molecule has 3 aromatic rings. The summed E-state index contributed by atoms with van der Waals surface area (Å²) in [6.07, 6.45) is 1.98. The summed E-state index contributed by atoms with van der Waals surface area (Å²) in [5, 5.41) is 9.68. The van der Waals surface area contributed by atoms with Crippen molar-refractivity contribution in [1.82, 2.24) is 19.7 Å². The van der Waals surface area contributed by atoms with E-state index >= 15 is 0 Å². The topological polar surface area (TPSA) is 73.1 Å². The Morgan fingerprint density at radius 2 is 2.24 bits per heavy atom. The Hall–Kier alpha value is -2.32. The first-order valence-corrected chi connectivity index (χ1v) is 9.19. The van der Waals surface area contributed by atoms with Gasteiger partial charge >= 0.3 is 0 Å². The van der Waals surface area contributed by atoms with E-state index in [2.05, 4.69) is 15.1 Å². The summed E-state index contributed by atoms with van der Waals surface area (Å²) in [4.78, 5) is 20.1. The highest BCUT2D eigenvalue weighted by Crippen LogP contribution is 2.35. The Morgan fingerprint density at radius 1 is 1.36 bits per heavy atom. The maximum Gasteiger partial charge on any atom is 0.261 e. The zero-order valence-corrected chi connectivity index (χ0v) is 14.8. The Morgan fingerprint density at radius 3 is 3.04 bits per heavy atom. The lowest BCUT2D eigenvalue weighted by atomic mass is 10.1. The molecule has 0 saturated carbocycles. The van der Waals surface area contributed by atoms with E-state index in [9.17, 15) is 4.79 Å². The van der Waals surface area contributed by atoms with Crippen LogP contribution in [-0.4, -0.2) is 40.0 Å². The van der Waals surface area contributed by atoms with Crippen molar-refractivity contribution >= 4 is 27.4 Å². The molecule has 0 bridgehead atoms. The predicted octanol–water partition coefficient (Wildman–Crippen LogP) is 2.24. The maximum absolute atomic E-state index is 13.0. The molecule has 4 rings (SSSR count). The van der Waals surface area contributed by atoms with Gasteiger partial charge in [-0.15, -0.1) is 10.2 Å². The number of nitrogens with zero attached hydrogens (tertiary/aromatic N) is 5. The molecule has 0 amide bonds. The number of anilines is 1. The second kappa shape index (κ2) is 6.89. The number of hydrogen-bond acceptors (Lipinski definition) is 7. The highest BCUT2D eigenvalue weighted by atomic mass is 32.1. The zero-order chi connectivity index (χ0) is 17.2. The molecular formula is C17H19N5O2S. The third kappa shape index (κ3) is 2.91. The van der Waals surface area contributed by atoms with E-state index in [4.69, 9.17) is 9.72 Å². The monoisotopic (exact) mass is 357 g/mol. The van der Waals surface area contributed by atoms with Crippen molar-refractivity contribution in [2.24, 2.45) is 0 Å². The molecule has 0 N–H and O–H groups in total. The zero-order valence-electron chi connectivity index (χ0n) is 14.0. The largest absolute Gasteiger partial charge is 0.383 e. The van der Waals surface area contributed by atoms with Crippen molar-refractivity contribution in [2.75, 3.05) is 25.2 Å². The molecule has 3 heterocycles. The fourth-order valence-electron chi connectivity index (χ4n) is 3.39. The van der Waals surface area contributed by atoms with Crippen LogP contribution in [-0.2, 0) is 11.3 Å². The van der Waals surface area contributed by atoms with Crippen molar-refractivity contribution in [3.63, 3.8) is 0 Å². The van der Waals surface area contributed by atoms with Crippen molar-refractivity contribution in [2.45, 2.75) is 25.4 Å². The summed E-state index contributed by atoms with van der Waals surface area (Å²) < 4.78 is 6.97. The van der Waals surface area contributed by atoms with Gasteiger partial charge in [0.1, 0.15) is 11.3 Å². The first-order chi connectivity index (χ1) is 12.3. The molecule has 0 spiro atoms. The minimum atomic E-state index is -0.0123. The molecule has 1 saturated heterocycles. The molecule has 1 fully saturated rings. The van der Waals surface area contributed by atoms with Crippen molar-refractivity contribution in [3.8, 4) is 0 Å². The summed E-state index contributed by atoms with van der Waals surface area (Å²) in [5.74, 6) is 0.786. The molecule has 1 unspecified atom stereocenters. The smallest absolute Gasteiger partial charge is 0.261 e. The van der Waals surface area contributed by atoms with Gasteiger partial charge < -0.3 is 9.64 Å². The van der Waals surface area contributed by atoms with Gasteiger partial charge in [-0.2, -0.15) is 0 Å². The van der Waals surface area contributed by atoms with E-state index in [1.54, 1.807) is 17.2 Å². The van der Waals surface area contributed by atoms with Crippen LogP contribution in [0.2, 0.25) is 0 Å². The number of fused-ring (bicyclic) bond motifs is 1. The Kier molecular flexibility index (Phi) is 4.46. The lowest BCUT2D eigenvalue weighted by molar-refractivity contribution is 0.184. The maximum atomic E-state index is 13.0. The van der Waals surface area contributed by atoms with Gasteiger partial charge in [-0.1, -0.05) is 23.5 Å². The standard InChI is InChI=1S/C17H19N5O2S/c1-24-10-9-22-15(19-13-6-3-2-5-12(13)16(22)23)14-7-4-8-21(14)17-20-18-11-25-17/h2-3,5-6,11,14H,4,7-10H2,1H3. The number of methoxy groups -OCH3 is 1. The van der Waals surface area contributed by atoms with Gasteiger partial charge in [-0.25, -0.2) is 4.98 Å². The molecule has 1 atom stereocenters. The highest BCUT2D eigenvalue weighted by Gasteiger charge is 2.32. The molecule has 1 aromatic carbocycles. The molecule has 1 aliphatic heterocycles. The molecule has 130 valence electrons. The fourth-order valence-corrected chi connectivity index (χ4v) is 4.03. The quantitative estimate of drug-likeness (QED) is 0.697. The van der Waals surface area contributed by atoms with Crippen LogP contribution in [0.25, 0.3) is 10.9 Å². The van der Waals surface area contributed by atoms with Gasteiger partial charge in [0.2, 0.25) is 5.13 Å². The van der Waals surface area contributed by atoms with Crippen LogP contribution in [0.1, 0.15) is 24.7 Å². The average molecular weight is 357 g/mol. The molecule has 25 heavy (non-hydrogen) atoms. The van der Waals surface area contributed by atoms with E-state index in [0.29, 0.717) is 18.5 Å². The van der Waals surface area contributed by atoms with Crippen LogP contribution in [0.4, 0.5) is 5.13 Å². The van der Waals surface area contributed by atoms with Gasteiger partial charge in [0.15, 0.2) is 0 Å². The van der Waals surface area contributed by atoms with Gasteiger partial charge in [-0.05, 0) is 25.0 Å². The van der Waals surface area contributed by atoms with E-state index < -0.39 is 0 Å². The number of ether oxygens (including phenoxy) is 1. The number of para-hydroxylation sites is 1. The summed E-state index contributed by atoms with van der Waals surface area (Å²) in [5.41, 5.74) is 2.46. The van der Waals surface area contributed by atoms with Gasteiger partial charge in [-0.3, -0.25) is 9.36 Å². The first-order valence-electron chi connectivity index (χ1n) is 8.31. The first kappa shape index (κ1) is 16.2. The van der Waals surface area contributed by atoms with E-state index in [0.717, 1.165) is 35.9 Å². The second-order valence-electron chi connectivity index (χ2n) is 6.01. The molecule has 1 aliphatic rings. The summed E-state index contributed by atoms with van der Waals surface area (Å²) in [7, 11) is 1.64. The minimum Gasteiger partial charge on any atom is -0.383 e. The SMILES string of the molecule is COCCn1c(C2CCCN2c2nncs2)nc2ccccc2c1=O. The molecule has 2 aromatic heterocycles. The minimum absolute atomic E-state index is 0.0123. The number of aromatic nitrogens is 4. The lowest BCUT2D eigenvalue weighted by Crippen LogP contribution is -2.33. The van der Waals surface area contributed by atoms with E-state index in [-0.39, 0.29) is 11.6 Å². The van der Waals surface area contributed by atoms with E-state index in [1.165, 1.54) is 11.3 Å². The second-order valence-corrected chi connectivity index (χ2v) is 6.82. The number of benzene rings is 1. The molecule has 8 heteroatoms. The third-order valence-electron chi connectivity index (χ3n) is 4.56. The third-order valence-corrected chi connectivity index (χ3v) is 5.28. The summed E-state index contributed by atoms with van der Waals surface area (Å²) >= 11 is 1.51. The van der Waals surface area contributed by atoms with Crippen molar-refractivity contribution < 1.29 is 4.74 Å². The lowest BCUT2D eigenvalue weighted by Gasteiger charge is -2.25. The number of rotatable bonds is 5. The van der Waals surface area contributed by atoms with Crippen LogP contribution in [0.5, 0.6) is 0 Å². The highest BCUT2D eigenvalue weighted by molar-refractivity contribution is 7.13. The van der Waals surface area contributed by atoms with Crippen LogP contribution in [0.15, 0.2) is 34.6 Å². The average Bonchev–Trinajstić information content (AvgIpc) is 3.32. The van der Waals surface area contributed by atoms with Gasteiger partial charge in [0.25, 0.3) is 5.56 Å². The van der Waals surface area contributed by atoms with Crippen molar-refractivity contribution in [1.29, 1.82) is 0 Å². The van der Waals surface area contributed by atoms with E-state index in [1.807, 2.05) is 24.3 Å². The van der Waals surface area contributed by atoms with Crippen LogP contribution < -0.4 is 10.5 Å². The predicted molar refractivity (Wildman–Crippen MR) is 97.1 cm³/mol. The Labute approximate surface area is 148 Å². The Bertz CT molecular complexity index is 924. The molecular weight excluding hydrogens is 338 g/mol. The molecule has 0 radical (unpaired) electrons. The Balaban J connectivity index is 1.86. The normalized spacial score (nSPS) is 17.5.